The molecule has 2 bridgehead atoms. The number of carbonyl (C=O) groups is 2. The molecule has 2 aliphatic heterocycles. The number of aldehydes is 1. The van der Waals surface area contributed by atoms with Gasteiger partial charge in [0.1, 0.15) is 34.7 Å². The van der Waals surface area contributed by atoms with Crippen LogP contribution in [0.1, 0.15) is 58.9 Å². The molecule has 3 aliphatic rings. The number of amides is 1. The van der Waals surface area contributed by atoms with Crippen molar-refractivity contribution in [1.82, 2.24) is 19.9 Å². The van der Waals surface area contributed by atoms with Gasteiger partial charge in [-0.05, 0) is 81.3 Å². The maximum atomic E-state index is 17.1. The van der Waals surface area contributed by atoms with E-state index in [-0.39, 0.29) is 42.1 Å². The number of ether oxygens (including phenoxy) is 3. The molecule has 2 atom stereocenters. The monoisotopic (exact) mass is 670 g/mol. The molecule has 7 rings (SSSR count). The van der Waals surface area contributed by atoms with E-state index in [9.17, 15) is 9.59 Å². The fourth-order valence-corrected chi connectivity index (χ4v) is 7.16. The van der Waals surface area contributed by atoms with E-state index in [1.165, 1.54) is 0 Å². The minimum absolute atomic E-state index is 0.0448. The maximum absolute atomic E-state index is 17.1. The van der Waals surface area contributed by atoms with Gasteiger partial charge < -0.3 is 29.2 Å². The lowest BCUT2D eigenvalue weighted by Gasteiger charge is -2.42. The number of hydrogen-bond acceptors (Lipinski definition) is 10. The fourth-order valence-electron chi connectivity index (χ4n) is 7.16. The Hall–Kier alpha value is -4.58. The molecular weight excluding hydrogens is 627 g/mol. The van der Waals surface area contributed by atoms with Gasteiger partial charge in [0, 0.05) is 43.9 Å². The highest BCUT2D eigenvalue weighted by molar-refractivity contribution is 6.02. The molecule has 2 unspecified atom stereocenters. The molecule has 4 aromatic rings. The number of nitrogens with zero attached hydrogens (tertiary/aromatic N) is 5. The van der Waals surface area contributed by atoms with E-state index >= 15 is 4.39 Å². The Morgan fingerprint density at radius 2 is 1.90 bits per heavy atom. The van der Waals surface area contributed by atoms with E-state index in [4.69, 9.17) is 29.2 Å². The standard InChI is InChI=1S/C37H43FN6O5/c1-6-22-8-7-9-23-14-26(48-21-47-5)15-27(29(22)23)31-30(38)32-28(16-39-31)33(42-34(41-32)40-19-37(20-45)12-13-37)43-17-24-10-11-25(18-43)44(24)35(46)49-36(2,3)4/h7-9,14-16,20,24-25H,6,10-13,17-19,21H2,1-5H3,(H,40,41,42). The molecule has 1 aliphatic carbocycles. The second-order valence-corrected chi connectivity index (χ2v) is 14.5. The van der Waals surface area contributed by atoms with Crippen LogP contribution in [0.25, 0.3) is 32.9 Å². The Balaban J connectivity index is 1.33. The van der Waals surface area contributed by atoms with Crippen LogP contribution in [0.2, 0.25) is 0 Å². The zero-order chi connectivity index (χ0) is 34.5. The highest BCUT2D eigenvalue weighted by Crippen LogP contribution is 2.44. The Bertz CT molecular complexity index is 1910. The van der Waals surface area contributed by atoms with Crippen LogP contribution in [-0.2, 0) is 20.7 Å². The first kappa shape index (κ1) is 32.9. The van der Waals surface area contributed by atoms with Crippen LogP contribution >= 0.6 is 0 Å². The van der Waals surface area contributed by atoms with Gasteiger partial charge in [-0.1, -0.05) is 25.1 Å². The lowest BCUT2D eigenvalue weighted by Crippen LogP contribution is -2.57. The summed E-state index contributed by atoms with van der Waals surface area (Å²) in [7, 11) is 1.55. The van der Waals surface area contributed by atoms with Crippen molar-refractivity contribution in [3.8, 4) is 17.0 Å². The van der Waals surface area contributed by atoms with Gasteiger partial charge in [-0.3, -0.25) is 9.88 Å². The zero-order valence-corrected chi connectivity index (χ0v) is 28.7. The number of halogens is 1. The third-order valence-electron chi connectivity index (χ3n) is 9.81. The molecule has 258 valence electrons. The van der Waals surface area contributed by atoms with E-state index in [0.29, 0.717) is 42.2 Å². The smallest absolute Gasteiger partial charge is 0.410 e. The number of aryl methyl sites for hydroxylation is 1. The van der Waals surface area contributed by atoms with Crippen molar-refractivity contribution in [1.29, 1.82) is 0 Å². The van der Waals surface area contributed by atoms with Crippen LogP contribution in [0.15, 0.2) is 36.5 Å². The number of methoxy groups -OCH3 is 1. The number of aromatic nitrogens is 3. The van der Waals surface area contributed by atoms with Crippen LogP contribution in [0.5, 0.6) is 5.75 Å². The van der Waals surface area contributed by atoms with E-state index < -0.39 is 16.8 Å². The molecule has 2 saturated heterocycles. The number of anilines is 2. The van der Waals surface area contributed by atoms with E-state index in [1.54, 1.807) is 19.4 Å². The Morgan fingerprint density at radius 3 is 2.55 bits per heavy atom. The minimum atomic E-state index is -0.600. The predicted molar refractivity (Wildman–Crippen MR) is 185 cm³/mol. The average molecular weight is 671 g/mol. The lowest BCUT2D eigenvalue weighted by molar-refractivity contribution is -0.111. The van der Waals surface area contributed by atoms with Crippen LogP contribution in [0.4, 0.5) is 21.0 Å². The molecule has 4 heterocycles. The molecule has 1 saturated carbocycles. The van der Waals surface area contributed by atoms with Crippen LogP contribution in [0.3, 0.4) is 0 Å². The van der Waals surface area contributed by atoms with Gasteiger partial charge in [0.2, 0.25) is 5.95 Å². The van der Waals surface area contributed by atoms with Crippen molar-refractivity contribution in [2.45, 2.75) is 77.5 Å². The van der Waals surface area contributed by atoms with Crippen molar-refractivity contribution in [3.05, 3.63) is 47.9 Å². The average Bonchev–Trinajstić information content (AvgIpc) is 3.82. The predicted octanol–water partition coefficient (Wildman–Crippen LogP) is 6.51. The number of benzene rings is 2. The second-order valence-electron chi connectivity index (χ2n) is 14.5. The lowest BCUT2D eigenvalue weighted by atomic mass is 9.95. The van der Waals surface area contributed by atoms with Crippen molar-refractivity contribution >= 4 is 45.8 Å². The molecule has 1 amide bonds. The third-order valence-corrected chi connectivity index (χ3v) is 9.81. The van der Waals surface area contributed by atoms with E-state index in [2.05, 4.69) is 17.1 Å². The highest BCUT2D eigenvalue weighted by Gasteiger charge is 2.45. The third kappa shape index (κ3) is 6.34. The number of piperazine rings is 1. The molecule has 0 radical (unpaired) electrons. The number of carbonyl (C=O) groups excluding carboxylic acids is 2. The number of fused-ring (bicyclic) bond motifs is 4. The van der Waals surface area contributed by atoms with Gasteiger partial charge in [0.05, 0.1) is 17.5 Å². The van der Waals surface area contributed by atoms with Gasteiger partial charge in [-0.2, -0.15) is 4.98 Å². The molecule has 2 aromatic heterocycles. The molecule has 2 aromatic carbocycles. The van der Waals surface area contributed by atoms with Crippen molar-refractivity contribution in [2.75, 3.05) is 43.8 Å². The van der Waals surface area contributed by atoms with Gasteiger partial charge >= 0.3 is 6.09 Å². The normalized spacial score (nSPS) is 19.7. The van der Waals surface area contributed by atoms with Gasteiger partial charge in [-0.25, -0.2) is 14.2 Å². The summed E-state index contributed by atoms with van der Waals surface area (Å²) in [4.78, 5) is 43.3. The summed E-state index contributed by atoms with van der Waals surface area (Å²) in [5.41, 5.74) is 0.879. The molecule has 3 fully saturated rings. The first-order valence-corrected chi connectivity index (χ1v) is 17.0. The molecule has 1 N–H and O–H groups in total. The summed E-state index contributed by atoms with van der Waals surface area (Å²) in [5.74, 6) is 0.738. The minimum Gasteiger partial charge on any atom is -0.468 e. The summed E-state index contributed by atoms with van der Waals surface area (Å²) in [6.07, 6.45) is 6.30. The number of pyridine rings is 1. The van der Waals surface area contributed by atoms with Crippen molar-refractivity contribution < 1.29 is 28.2 Å². The SMILES string of the molecule is CCc1cccc2cc(OCOC)cc(-c3ncc4c(N5CC6CCC(C5)N6C(=O)OC(C)(C)C)nc(NCC5(C=O)CC5)nc4c3F)c12. The summed E-state index contributed by atoms with van der Waals surface area (Å²) in [6, 6.07) is 9.56. The largest absolute Gasteiger partial charge is 0.468 e. The van der Waals surface area contributed by atoms with Gasteiger partial charge in [-0.15, -0.1) is 0 Å². The highest BCUT2D eigenvalue weighted by atomic mass is 19.1. The molecule has 11 nitrogen and oxygen atoms in total. The van der Waals surface area contributed by atoms with Crippen molar-refractivity contribution in [3.63, 3.8) is 0 Å². The quantitative estimate of drug-likeness (QED) is 0.148. The van der Waals surface area contributed by atoms with E-state index in [0.717, 1.165) is 54.7 Å². The first-order valence-electron chi connectivity index (χ1n) is 17.0. The number of nitrogens with one attached hydrogen (secondary N) is 1. The fraction of sp³-hybridized carbons (Fsp3) is 0.486. The number of hydrogen-bond donors (Lipinski definition) is 1. The van der Waals surface area contributed by atoms with Gasteiger partial charge in [0.15, 0.2) is 12.6 Å². The summed E-state index contributed by atoms with van der Waals surface area (Å²) < 4.78 is 33.8. The topological polar surface area (TPSA) is 119 Å². The first-order chi connectivity index (χ1) is 23.5. The Labute approximate surface area is 285 Å². The Kier molecular flexibility index (Phi) is 8.54. The number of rotatable bonds is 10. The Morgan fingerprint density at radius 1 is 1.14 bits per heavy atom. The molecule has 0 spiro atoms. The summed E-state index contributed by atoms with van der Waals surface area (Å²) in [5, 5.41) is 5.51. The summed E-state index contributed by atoms with van der Waals surface area (Å²) in [6.45, 7) is 9.09. The van der Waals surface area contributed by atoms with Crippen molar-refractivity contribution in [2.24, 2.45) is 5.41 Å². The van der Waals surface area contributed by atoms with Crippen LogP contribution in [0, 0.1) is 11.2 Å². The van der Waals surface area contributed by atoms with E-state index in [1.807, 2.05) is 49.9 Å². The summed E-state index contributed by atoms with van der Waals surface area (Å²) >= 11 is 0. The zero-order valence-electron chi connectivity index (χ0n) is 28.7. The second kappa shape index (κ2) is 12.7. The maximum Gasteiger partial charge on any atom is 0.410 e. The molecule has 12 heteroatoms. The van der Waals surface area contributed by atoms with Crippen LogP contribution in [-0.4, -0.2) is 83.5 Å². The van der Waals surface area contributed by atoms with Crippen LogP contribution < -0.4 is 15.0 Å². The molecular formula is C37H43FN6O5. The van der Waals surface area contributed by atoms with Gasteiger partial charge in [0.25, 0.3) is 0 Å². The molecule has 49 heavy (non-hydrogen) atoms.